The van der Waals surface area contributed by atoms with Crippen LogP contribution in [0.5, 0.6) is 0 Å². The van der Waals surface area contributed by atoms with Gasteiger partial charge < -0.3 is 10.6 Å². The van der Waals surface area contributed by atoms with Gasteiger partial charge in [0.05, 0.1) is 11.9 Å². The fourth-order valence-corrected chi connectivity index (χ4v) is 3.42. The van der Waals surface area contributed by atoms with E-state index >= 15 is 0 Å². The van der Waals surface area contributed by atoms with Gasteiger partial charge in [0.2, 0.25) is 16.0 Å². The Morgan fingerprint density at radius 1 is 1.38 bits per heavy atom. The molecule has 0 atom stereocenters. The first-order valence-electron chi connectivity index (χ1n) is 5.74. The second-order valence-electron chi connectivity index (χ2n) is 3.80. The van der Waals surface area contributed by atoms with Crippen molar-refractivity contribution in [3.63, 3.8) is 0 Å². The van der Waals surface area contributed by atoms with E-state index in [4.69, 9.17) is 5.26 Å². The maximum absolute atomic E-state index is 11.6. The Bertz CT molecular complexity index is 793. The van der Waals surface area contributed by atoms with Crippen molar-refractivity contribution in [1.82, 2.24) is 14.7 Å². The molecule has 2 rings (SSSR count). The summed E-state index contributed by atoms with van der Waals surface area (Å²) in [6, 6.07) is 3.45. The highest BCUT2D eigenvalue weighted by Crippen LogP contribution is 2.25. The van der Waals surface area contributed by atoms with Crippen LogP contribution in [-0.4, -0.2) is 32.5 Å². The normalized spacial score (nSPS) is 10.9. The molecule has 0 unspecified atom stereocenters. The van der Waals surface area contributed by atoms with Gasteiger partial charge in [-0.2, -0.15) is 10.2 Å². The van der Waals surface area contributed by atoms with Gasteiger partial charge in [-0.3, -0.25) is 0 Å². The zero-order valence-electron chi connectivity index (χ0n) is 11.2. The molecule has 0 aliphatic rings. The molecule has 10 heteroatoms. The molecule has 2 heterocycles. The van der Waals surface area contributed by atoms with Gasteiger partial charge in [0.1, 0.15) is 21.7 Å². The Balaban J connectivity index is 2.26. The number of anilines is 3. The maximum atomic E-state index is 11.6. The molecule has 2 aromatic rings. The van der Waals surface area contributed by atoms with Crippen molar-refractivity contribution in [2.45, 2.75) is 4.21 Å². The first-order chi connectivity index (χ1) is 10.00. The third kappa shape index (κ3) is 3.27. The molecule has 3 N–H and O–H groups in total. The number of thiophene rings is 1. The summed E-state index contributed by atoms with van der Waals surface area (Å²) in [7, 11) is -0.461. The SMILES string of the molecule is CNc1nc(Nc2csc(S(=O)(=O)NC)c2)ncc1C#N. The van der Waals surface area contributed by atoms with Crippen LogP contribution in [0.1, 0.15) is 5.56 Å². The molecule has 0 aliphatic heterocycles. The third-order valence-corrected chi connectivity index (χ3v) is 5.37. The Labute approximate surface area is 125 Å². The Morgan fingerprint density at radius 3 is 2.76 bits per heavy atom. The molecule has 8 nitrogen and oxygen atoms in total. The van der Waals surface area contributed by atoms with E-state index < -0.39 is 10.0 Å². The van der Waals surface area contributed by atoms with Gasteiger partial charge >= 0.3 is 0 Å². The molecule has 2 aromatic heterocycles. The highest BCUT2D eigenvalue weighted by molar-refractivity contribution is 7.91. The lowest BCUT2D eigenvalue weighted by atomic mass is 10.3. The number of nitrogens with one attached hydrogen (secondary N) is 3. The minimum absolute atomic E-state index is 0.190. The van der Waals surface area contributed by atoms with Gasteiger partial charge in [0, 0.05) is 12.4 Å². The predicted molar refractivity (Wildman–Crippen MR) is 80.1 cm³/mol. The molecular formula is C11H12N6O2S2. The van der Waals surface area contributed by atoms with E-state index in [1.165, 1.54) is 19.3 Å². The van der Waals surface area contributed by atoms with Crippen LogP contribution in [0, 0.1) is 11.3 Å². The average Bonchev–Trinajstić information content (AvgIpc) is 2.96. The number of sulfonamides is 1. The molecule has 0 aromatic carbocycles. The number of rotatable bonds is 5. The van der Waals surface area contributed by atoms with Crippen molar-refractivity contribution in [2.75, 3.05) is 24.7 Å². The molecule has 0 saturated heterocycles. The molecule has 0 bridgehead atoms. The summed E-state index contributed by atoms with van der Waals surface area (Å²) in [5.74, 6) is 0.665. The molecule has 110 valence electrons. The van der Waals surface area contributed by atoms with Gasteiger partial charge in [-0.1, -0.05) is 0 Å². The predicted octanol–water partition coefficient (Wildman–Crippen LogP) is 1.10. The summed E-state index contributed by atoms with van der Waals surface area (Å²) < 4.78 is 25.7. The van der Waals surface area contributed by atoms with Crippen LogP contribution in [0.4, 0.5) is 17.5 Å². The van der Waals surface area contributed by atoms with Gasteiger partial charge in [0.15, 0.2) is 0 Å². The van der Waals surface area contributed by atoms with Crippen LogP contribution in [0.3, 0.4) is 0 Å². The molecule has 0 fully saturated rings. The van der Waals surface area contributed by atoms with Crippen LogP contribution in [0.15, 0.2) is 21.9 Å². The molecule has 0 amide bonds. The average molecular weight is 324 g/mol. The van der Waals surface area contributed by atoms with Gasteiger partial charge in [-0.15, -0.1) is 11.3 Å². The summed E-state index contributed by atoms with van der Waals surface area (Å²) in [6.45, 7) is 0. The van der Waals surface area contributed by atoms with Crippen molar-refractivity contribution in [3.8, 4) is 6.07 Å². The zero-order chi connectivity index (χ0) is 15.5. The Hall–Kier alpha value is -2.22. The smallest absolute Gasteiger partial charge is 0.249 e. The van der Waals surface area contributed by atoms with E-state index in [9.17, 15) is 8.42 Å². The maximum Gasteiger partial charge on any atom is 0.249 e. The van der Waals surface area contributed by atoms with Crippen molar-refractivity contribution >= 4 is 38.8 Å². The van der Waals surface area contributed by atoms with Crippen LogP contribution in [0.25, 0.3) is 0 Å². The standard InChI is InChI=1S/C11H12N6O2S2/c1-13-10-7(4-12)5-15-11(17-10)16-8-3-9(20-6-8)21(18,19)14-2/h3,5-6,14H,1-2H3,(H2,13,15,16,17). The highest BCUT2D eigenvalue weighted by atomic mass is 32.2. The minimum atomic E-state index is -3.46. The number of nitrogens with zero attached hydrogens (tertiary/aromatic N) is 3. The van der Waals surface area contributed by atoms with Crippen molar-refractivity contribution in [3.05, 3.63) is 23.2 Å². The van der Waals surface area contributed by atoms with E-state index in [0.29, 0.717) is 17.1 Å². The van der Waals surface area contributed by atoms with Crippen molar-refractivity contribution in [1.29, 1.82) is 5.26 Å². The fraction of sp³-hybridized carbons (Fsp3) is 0.182. The quantitative estimate of drug-likeness (QED) is 0.753. The summed E-state index contributed by atoms with van der Waals surface area (Å²) in [4.78, 5) is 8.13. The molecule has 0 saturated carbocycles. The number of nitriles is 1. The third-order valence-electron chi connectivity index (χ3n) is 2.51. The lowest BCUT2D eigenvalue weighted by molar-refractivity contribution is 0.590. The lowest BCUT2D eigenvalue weighted by Gasteiger charge is -2.05. The van der Waals surface area contributed by atoms with Crippen molar-refractivity contribution in [2.24, 2.45) is 0 Å². The van der Waals surface area contributed by atoms with Crippen LogP contribution in [-0.2, 0) is 10.0 Å². The molecule has 0 radical (unpaired) electrons. The summed E-state index contributed by atoms with van der Waals surface area (Å²) in [6.07, 6.45) is 1.39. The second-order valence-corrected chi connectivity index (χ2v) is 6.83. The van der Waals surface area contributed by atoms with Gasteiger partial charge in [-0.25, -0.2) is 18.1 Å². The van der Waals surface area contributed by atoms with E-state index in [-0.39, 0.29) is 10.2 Å². The topological polar surface area (TPSA) is 120 Å². The van der Waals surface area contributed by atoms with E-state index in [0.717, 1.165) is 11.3 Å². The molecular weight excluding hydrogens is 312 g/mol. The van der Waals surface area contributed by atoms with Gasteiger partial charge in [0.25, 0.3) is 0 Å². The number of hydrogen-bond donors (Lipinski definition) is 3. The fourth-order valence-electron chi connectivity index (χ4n) is 1.47. The van der Waals surface area contributed by atoms with E-state index in [1.54, 1.807) is 12.4 Å². The minimum Gasteiger partial charge on any atom is -0.372 e. The first-order valence-corrected chi connectivity index (χ1v) is 8.10. The van der Waals surface area contributed by atoms with Crippen molar-refractivity contribution < 1.29 is 8.42 Å². The van der Waals surface area contributed by atoms with Crippen LogP contribution in [0.2, 0.25) is 0 Å². The van der Waals surface area contributed by atoms with E-state index in [2.05, 4.69) is 25.3 Å². The number of hydrogen-bond acceptors (Lipinski definition) is 8. The number of aromatic nitrogens is 2. The summed E-state index contributed by atoms with van der Waals surface area (Å²) in [5, 5.41) is 16.2. The molecule has 0 spiro atoms. The summed E-state index contributed by atoms with van der Waals surface area (Å²) >= 11 is 1.08. The highest BCUT2D eigenvalue weighted by Gasteiger charge is 2.15. The second kappa shape index (κ2) is 6.04. The zero-order valence-corrected chi connectivity index (χ0v) is 12.8. The van der Waals surface area contributed by atoms with Gasteiger partial charge in [-0.05, 0) is 13.1 Å². The Kier molecular flexibility index (Phi) is 4.37. The molecule has 0 aliphatic carbocycles. The first kappa shape index (κ1) is 15.2. The van der Waals surface area contributed by atoms with Crippen LogP contribution >= 0.6 is 11.3 Å². The molecule has 21 heavy (non-hydrogen) atoms. The van der Waals surface area contributed by atoms with E-state index in [1.807, 2.05) is 6.07 Å². The summed E-state index contributed by atoms with van der Waals surface area (Å²) in [5.41, 5.74) is 0.882. The lowest BCUT2D eigenvalue weighted by Crippen LogP contribution is -2.17. The Morgan fingerprint density at radius 2 is 2.14 bits per heavy atom. The largest absolute Gasteiger partial charge is 0.372 e. The van der Waals surface area contributed by atoms with Crippen LogP contribution < -0.4 is 15.4 Å². The monoisotopic (exact) mass is 324 g/mol.